The zero-order chi connectivity index (χ0) is 11.4. The molecule has 2 nitrogen and oxygen atoms in total. The smallest absolute Gasteiger partial charge is 0.0630 e. The minimum atomic E-state index is 0.508. The van der Waals surface area contributed by atoms with Gasteiger partial charge in [-0.2, -0.15) is 0 Å². The molecule has 1 heterocycles. The third-order valence-corrected chi connectivity index (χ3v) is 3.91. The average molecular weight is 284 g/mol. The molecule has 0 aromatic heterocycles. The van der Waals surface area contributed by atoms with Gasteiger partial charge < -0.3 is 4.74 Å². The summed E-state index contributed by atoms with van der Waals surface area (Å²) in [5.41, 5.74) is 2.80. The molecule has 88 valence electrons. The molecule has 1 aromatic rings. The van der Waals surface area contributed by atoms with Gasteiger partial charge in [0, 0.05) is 24.5 Å². The first-order valence-corrected chi connectivity index (χ1v) is 6.85. The number of nitrogens with zero attached hydrogens (tertiary/aromatic N) is 1. The number of morpholine rings is 1. The summed E-state index contributed by atoms with van der Waals surface area (Å²) in [6, 6.07) is 9.12. The lowest BCUT2D eigenvalue weighted by Crippen LogP contribution is -2.45. The molecule has 0 spiro atoms. The molecular weight excluding hydrogens is 266 g/mol. The van der Waals surface area contributed by atoms with E-state index in [2.05, 4.69) is 52.0 Å². The number of hydrogen-bond donors (Lipinski definition) is 0. The maximum atomic E-state index is 5.50. The number of hydrogen-bond acceptors (Lipinski definition) is 2. The number of aryl methyl sites for hydroxylation is 1. The van der Waals surface area contributed by atoms with Gasteiger partial charge in [0.2, 0.25) is 0 Å². The summed E-state index contributed by atoms with van der Waals surface area (Å²) < 4.78 is 5.50. The van der Waals surface area contributed by atoms with E-state index in [1.807, 2.05) is 0 Å². The van der Waals surface area contributed by atoms with E-state index in [0.717, 1.165) is 31.6 Å². The van der Waals surface area contributed by atoms with Crippen molar-refractivity contribution >= 4 is 15.9 Å². The Morgan fingerprint density at radius 3 is 3.00 bits per heavy atom. The van der Waals surface area contributed by atoms with Crippen LogP contribution >= 0.6 is 15.9 Å². The van der Waals surface area contributed by atoms with E-state index >= 15 is 0 Å². The van der Waals surface area contributed by atoms with Gasteiger partial charge in [0.25, 0.3) is 0 Å². The van der Waals surface area contributed by atoms with Crippen molar-refractivity contribution in [1.29, 1.82) is 0 Å². The van der Waals surface area contributed by atoms with E-state index in [1.165, 1.54) is 11.1 Å². The first-order valence-electron chi connectivity index (χ1n) is 5.73. The highest BCUT2D eigenvalue weighted by Crippen LogP contribution is 2.16. The van der Waals surface area contributed by atoms with Crippen LogP contribution in [0.3, 0.4) is 0 Å². The Labute approximate surface area is 106 Å². The number of benzene rings is 1. The van der Waals surface area contributed by atoms with Gasteiger partial charge in [-0.25, -0.2) is 0 Å². The highest BCUT2D eigenvalue weighted by Gasteiger charge is 2.22. The van der Waals surface area contributed by atoms with Crippen LogP contribution < -0.4 is 0 Å². The standard InChI is InChI=1S/C13H18BrNO/c1-11-4-2-3-5-12(11)9-15-6-7-16-10-13(15)8-14/h2-5,13H,6-10H2,1H3. The Kier molecular flexibility index (Phi) is 4.38. The molecule has 16 heavy (non-hydrogen) atoms. The second kappa shape index (κ2) is 5.80. The van der Waals surface area contributed by atoms with Gasteiger partial charge in [-0.15, -0.1) is 0 Å². The van der Waals surface area contributed by atoms with Crippen LogP contribution in [-0.4, -0.2) is 36.0 Å². The fraction of sp³-hybridized carbons (Fsp3) is 0.538. The first-order chi connectivity index (χ1) is 7.81. The van der Waals surface area contributed by atoms with Gasteiger partial charge >= 0.3 is 0 Å². The zero-order valence-electron chi connectivity index (χ0n) is 9.66. The van der Waals surface area contributed by atoms with Crippen molar-refractivity contribution in [2.24, 2.45) is 0 Å². The van der Waals surface area contributed by atoms with E-state index in [9.17, 15) is 0 Å². The van der Waals surface area contributed by atoms with E-state index < -0.39 is 0 Å². The van der Waals surface area contributed by atoms with E-state index in [0.29, 0.717) is 6.04 Å². The number of halogens is 1. The number of ether oxygens (including phenoxy) is 1. The van der Waals surface area contributed by atoms with E-state index in [4.69, 9.17) is 4.74 Å². The van der Waals surface area contributed by atoms with Crippen molar-refractivity contribution in [3.05, 3.63) is 35.4 Å². The Balaban J connectivity index is 2.05. The summed E-state index contributed by atoms with van der Waals surface area (Å²) in [5, 5.41) is 0.985. The molecule has 0 bridgehead atoms. The second-order valence-electron chi connectivity index (χ2n) is 4.28. The van der Waals surface area contributed by atoms with Crippen LogP contribution in [-0.2, 0) is 11.3 Å². The molecular formula is C13H18BrNO. The summed E-state index contributed by atoms with van der Waals surface area (Å²) >= 11 is 3.56. The Bertz CT molecular complexity index is 342. The van der Waals surface area contributed by atoms with Crippen molar-refractivity contribution in [3.63, 3.8) is 0 Å². The molecule has 0 N–H and O–H groups in total. The molecule has 1 saturated heterocycles. The SMILES string of the molecule is Cc1ccccc1CN1CCOCC1CBr. The van der Waals surface area contributed by atoms with Gasteiger partial charge in [0.1, 0.15) is 0 Å². The highest BCUT2D eigenvalue weighted by molar-refractivity contribution is 9.09. The summed E-state index contributed by atoms with van der Waals surface area (Å²) in [7, 11) is 0. The lowest BCUT2D eigenvalue weighted by atomic mass is 10.1. The van der Waals surface area contributed by atoms with Crippen molar-refractivity contribution in [2.75, 3.05) is 25.1 Å². The summed E-state index contributed by atoms with van der Waals surface area (Å²) in [4.78, 5) is 2.50. The predicted octanol–water partition coefficient (Wildman–Crippen LogP) is 2.59. The zero-order valence-corrected chi connectivity index (χ0v) is 11.2. The van der Waals surface area contributed by atoms with Gasteiger partial charge in [-0.3, -0.25) is 4.90 Å². The van der Waals surface area contributed by atoms with Gasteiger partial charge in [-0.05, 0) is 18.1 Å². The maximum Gasteiger partial charge on any atom is 0.0630 e. The monoisotopic (exact) mass is 283 g/mol. The predicted molar refractivity (Wildman–Crippen MR) is 70.0 cm³/mol. The van der Waals surface area contributed by atoms with Crippen LogP contribution in [0.15, 0.2) is 24.3 Å². The Morgan fingerprint density at radius 2 is 2.25 bits per heavy atom. The summed E-state index contributed by atoms with van der Waals surface area (Å²) in [6.45, 7) is 5.95. The first kappa shape index (κ1) is 12.1. The second-order valence-corrected chi connectivity index (χ2v) is 4.93. The fourth-order valence-electron chi connectivity index (χ4n) is 2.05. The quantitative estimate of drug-likeness (QED) is 0.791. The molecule has 0 saturated carbocycles. The van der Waals surface area contributed by atoms with Crippen LogP contribution in [0, 0.1) is 6.92 Å². The third kappa shape index (κ3) is 2.84. The molecule has 3 heteroatoms. The van der Waals surface area contributed by atoms with Crippen LogP contribution in [0.4, 0.5) is 0 Å². The third-order valence-electron chi connectivity index (χ3n) is 3.16. The summed E-state index contributed by atoms with van der Waals surface area (Å²) in [6.07, 6.45) is 0. The Hall–Kier alpha value is -0.380. The maximum absolute atomic E-state index is 5.50. The summed E-state index contributed by atoms with van der Waals surface area (Å²) in [5.74, 6) is 0. The number of rotatable bonds is 3. The lowest BCUT2D eigenvalue weighted by Gasteiger charge is -2.34. The van der Waals surface area contributed by atoms with E-state index in [-0.39, 0.29) is 0 Å². The van der Waals surface area contributed by atoms with Gasteiger partial charge in [0.15, 0.2) is 0 Å². The Morgan fingerprint density at radius 1 is 1.44 bits per heavy atom. The van der Waals surface area contributed by atoms with E-state index in [1.54, 1.807) is 0 Å². The lowest BCUT2D eigenvalue weighted by molar-refractivity contribution is -0.00220. The molecule has 0 aliphatic carbocycles. The molecule has 1 aromatic carbocycles. The topological polar surface area (TPSA) is 12.5 Å². The molecule has 1 fully saturated rings. The molecule has 0 amide bonds. The number of alkyl halides is 1. The largest absolute Gasteiger partial charge is 0.378 e. The average Bonchev–Trinajstić information content (AvgIpc) is 2.33. The molecule has 1 atom stereocenters. The highest BCUT2D eigenvalue weighted by atomic mass is 79.9. The normalized spacial score (nSPS) is 22.2. The van der Waals surface area contributed by atoms with Crippen LogP contribution in [0.25, 0.3) is 0 Å². The van der Waals surface area contributed by atoms with Crippen molar-refractivity contribution < 1.29 is 4.74 Å². The van der Waals surface area contributed by atoms with Crippen molar-refractivity contribution in [1.82, 2.24) is 4.90 Å². The fourth-order valence-corrected chi connectivity index (χ4v) is 2.64. The minimum Gasteiger partial charge on any atom is -0.378 e. The van der Waals surface area contributed by atoms with Crippen molar-refractivity contribution in [2.45, 2.75) is 19.5 Å². The molecule has 2 rings (SSSR count). The van der Waals surface area contributed by atoms with Crippen LogP contribution in [0.1, 0.15) is 11.1 Å². The van der Waals surface area contributed by atoms with Crippen LogP contribution in [0.5, 0.6) is 0 Å². The van der Waals surface area contributed by atoms with Gasteiger partial charge in [0.05, 0.1) is 13.2 Å². The van der Waals surface area contributed by atoms with Crippen LogP contribution in [0.2, 0.25) is 0 Å². The molecule has 1 aliphatic heterocycles. The minimum absolute atomic E-state index is 0.508. The van der Waals surface area contributed by atoms with Crippen molar-refractivity contribution in [3.8, 4) is 0 Å². The molecule has 1 aliphatic rings. The van der Waals surface area contributed by atoms with Gasteiger partial charge in [-0.1, -0.05) is 40.2 Å². The molecule has 0 radical (unpaired) electrons. The molecule has 1 unspecified atom stereocenters.